The Bertz CT molecular complexity index is 621. The van der Waals surface area contributed by atoms with Crippen molar-refractivity contribution < 1.29 is 4.79 Å². The first kappa shape index (κ1) is 15.9. The summed E-state index contributed by atoms with van der Waals surface area (Å²) in [5.41, 5.74) is 8.09. The molecule has 0 bridgehead atoms. The van der Waals surface area contributed by atoms with Crippen LogP contribution in [0.5, 0.6) is 0 Å². The Hall–Kier alpha value is -1.49. The third-order valence-corrected chi connectivity index (χ3v) is 4.36. The van der Waals surface area contributed by atoms with Crippen LogP contribution in [0.1, 0.15) is 12.0 Å². The molecule has 1 heterocycles. The normalized spacial score (nSPS) is 17.7. The molecule has 21 heavy (non-hydrogen) atoms. The highest BCUT2D eigenvalue weighted by molar-refractivity contribution is 8.00. The summed E-state index contributed by atoms with van der Waals surface area (Å²) in [7, 11) is 0. The smallest absolute Gasteiger partial charge is 0.229 e. The number of rotatable bonds is 2. The molecule has 2 aromatic rings. The SMILES string of the molecule is Cl.NC1CC(=O)N(Cc2ccccc2)c2ccccc2S1. The third-order valence-electron chi connectivity index (χ3n) is 3.29. The number of para-hydroxylation sites is 1. The summed E-state index contributed by atoms with van der Waals surface area (Å²) < 4.78 is 0. The molecule has 1 amide bonds. The molecule has 1 atom stereocenters. The Balaban J connectivity index is 0.00000161. The molecule has 0 spiro atoms. The number of nitrogens with two attached hydrogens (primary N) is 1. The summed E-state index contributed by atoms with van der Waals surface area (Å²) in [6.07, 6.45) is 0.367. The van der Waals surface area contributed by atoms with E-state index in [0.717, 1.165) is 16.1 Å². The van der Waals surface area contributed by atoms with Crippen LogP contribution in [-0.4, -0.2) is 11.3 Å². The number of carbonyl (C=O) groups excluding carboxylic acids is 1. The Labute approximate surface area is 134 Å². The van der Waals surface area contributed by atoms with Crippen molar-refractivity contribution in [3.8, 4) is 0 Å². The minimum atomic E-state index is -0.176. The predicted molar refractivity (Wildman–Crippen MR) is 89.8 cm³/mol. The topological polar surface area (TPSA) is 46.3 Å². The number of anilines is 1. The van der Waals surface area contributed by atoms with Gasteiger partial charge in [-0.3, -0.25) is 4.79 Å². The van der Waals surface area contributed by atoms with Crippen molar-refractivity contribution in [2.24, 2.45) is 5.73 Å². The zero-order valence-electron chi connectivity index (χ0n) is 11.4. The first-order valence-corrected chi connectivity index (χ1v) is 7.47. The second-order valence-electron chi connectivity index (χ2n) is 4.79. The number of thioether (sulfide) groups is 1. The quantitative estimate of drug-likeness (QED) is 0.922. The summed E-state index contributed by atoms with van der Waals surface area (Å²) in [4.78, 5) is 15.3. The molecule has 1 aliphatic rings. The van der Waals surface area contributed by atoms with Crippen molar-refractivity contribution in [3.63, 3.8) is 0 Å². The van der Waals surface area contributed by atoms with Gasteiger partial charge in [0.2, 0.25) is 5.91 Å². The molecule has 1 aliphatic heterocycles. The van der Waals surface area contributed by atoms with Gasteiger partial charge in [-0.05, 0) is 17.7 Å². The van der Waals surface area contributed by atoms with E-state index in [-0.39, 0.29) is 23.7 Å². The molecular formula is C16H17ClN2OS. The highest BCUT2D eigenvalue weighted by Crippen LogP contribution is 2.36. The van der Waals surface area contributed by atoms with Gasteiger partial charge < -0.3 is 10.6 Å². The van der Waals surface area contributed by atoms with Crippen molar-refractivity contribution in [1.82, 2.24) is 0 Å². The summed E-state index contributed by atoms with van der Waals surface area (Å²) in [5.74, 6) is 0.0822. The zero-order valence-corrected chi connectivity index (χ0v) is 13.1. The molecule has 2 aromatic carbocycles. The molecule has 0 fully saturated rings. The highest BCUT2D eigenvalue weighted by atomic mass is 35.5. The lowest BCUT2D eigenvalue weighted by Gasteiger charge is -2.22. The molecule has 0 saturated heterocycles. The van der Waals surface area contributed by atoms with Crippen molar-refractivity contribution in [2.75, 3.05) is 4.90 Å². The van der Waals surface area contributed by atoms with E-state index in [1.807, 2.05) is 59.5 Å². The van der Waals surface area contributed by atoms with Gasteiger partial charge in [0.1, 0.15) is 0 Å². The second-order valence-corrected chi connectivity index (χ2v) is 6.07. The van der Waals surface area contributed by atoms with Crippen molar-refractivity contribution in [1.29, 1.82) is 0 Å². The standard InChI is InChI=1S/C16H16N2OS.ClH/c17-15-10-16(19)18(11-12-6-2-1-3-7-12)13-8-4-5-9-14(13)20-15;/h1-9,15H,10-11,17H2;1H. The largest absolute Gasteiger partial charge is 0.319 e. The van der Waals surface area contributed by atoms with Gasteiger partial charge in [0.25, 0.3) is 0 Å². The minimum absolute atomic E-state index is 0. The van der Waals surface area contributed by atoms with Crippen LogP contribution in [-0.2, 0) is 11.3 Å². The Morgan fingerprint density at radius 1 is 1.10 bits per heavy atom. The summed E-state index contributed by atoms with van der Waals surface area (Å²) in [5, 5.41) is -0.176. The Morgan fingerprint density at radius 2 is 1.76 bits per heavy atom. The molecule has 3 rings (SSSR count). The van der Waals surface area contributed by atoms with Crippen LogP contribution in [0.3, 0.4) is 0 Å². The van der Waals surface area contributed by atoms with Gasteiger partial charge in [0, 0.05) is 4.90 Å². The van der Waals surface area contributed by atoms with Gasteiger partial charge in [-0.15, -0.1) is 24.2 Å². The molecule has 5 heteroatoms. The van der Waals surface area contributed by atoms with Gasteiger partial charge in [-0.1, -0.05) is 42.5 Å². The van der Waals surface area contributed by atoms with E-state index >= 15 is 0 Å². The fourth-order valence-electron chi connectivity index (χ4n) is 2.34. The van der Waals surface area contributed by atoms with Gasteiger partial charge in [-0.25, -0.2) is 0 Å². The molecule has 0 saturated carbocycles. The number of hydrogen-bond acceptors (Lipinski definition) is 3. The van der Waals surface area contributed by atoms with Gasteiger partial charge in [0.05, 0.1) is 24.0 Å². The number of hydrogen-bond donors (Lipinski definition) is 1. The van der Waals surface area contributed by atoms with Crippen molar-refractivity contribution >= 4 is 35.8 Å². The number of amides is 1. The Morgan fingerprint density at radius 3 is 2.52 bits per heavy atom. The van der Waals surface area contributed by atoms with E-state index < -0.39 is 0 Å². The zero-order chi connectivity index (χ0) is 13.9. The summed E-state index contributed by atoms with van der Waals surface area (Å²) >= 11 is 1.57. The van der Waals surface area contributed by atoms with Gasteiger partial charge in [-0.2, -0.15) is 0 Å². The number of carbonyl (C=O) groups is 1. The van der Waals surface area contributed by atoms with E-state index in [9.17, 15) is 4.79 Å². The third kappa shape index (κ3) is 3.59. The van der Waals surface area contributed by atoms with Gasteiger partial charge >= 0.3 is 0 Å². The lowest BCUT2D eigenvalue weighted by atomic mass is 10.2. The molecule has 0 aliphatic carbocycles. The molecule has 2 N–H and O–H groups in total. The average Bonchev–Trinajstić information content (AvgIpc) is 2.57. The molecule has 110 valence electrons. The van der Waals surface area contributed by atoms with Crippen LogP contribution in [0.4, 0.5) is 5.69 Å². The molecule has 0 aromatic heterocycles. The van der Waals surface area contributed by atoms with E-state index in [1.54, 1.807) is 11.8 Å². The molecule has 1 unspecified atom stereocenters. The van der Waals surface area contributed by atoms with Crippen LogP contribution < -0.4 is 10.6 Å². The highest BCUT2D eigenvalue weighted by Gasteiger charge is 2.26. The van der Waals surface area contributed by atoms with Crippen LogP contribution in [0.25, 0.3) is 0 Å². The minimum Gasteiger partial charge on any atom is -0.319 e. The molecule has 0 radical (unpaired) electrons. The monoisotopic (exact) mass is 320 g/mol. The lowest BCUT2D eigenvalue weighted by Crippen LogP contribution is -2.32. The second kappa shape index (κ2) is 6.98. The fourth-order valence-corrected chi connectivity index (χ4v) is 3.35. The first-order chi connectivity index (χ1) is 9.74. The fraction of sp³-hybridized carbons (Fsp3) is 0.188. The predicted octanol–water partition coefficient (Wildman–Crippen LogP) is 3.42. The van der Waals surface area contributed by atoms with Crippen LogP contribution in [0.2, 0.25) is 0 Å². The van der Waals surface area contributed by atoms with Crippen molar-refractivity contribution in [3.05, 3.63) is 60.2 Å². The summed E-state index contributed by atoms with van der Waals surface area (Å²) in [6.45, 7) is 0.587. The maximum absolute atomic E-state index is 12.4. The van der Waals surface area contributed by atoms with E-state index in [0.29, 0.717) is 13.0 Å². The lowest BCUT2D eigenvalue weighted by molar-refractivity contribution is -0.118. The number of halogens is 1. The summed E-state index contributed by atoms with van der Waals surface area (Å²) in [6, 6.07) is 18.0. The van der Waals surface area contributed by atoms with Crippen LogP contribution in [0, 0.1) is 0 Å². The number of benzene rings is 2. The van der Waals surface area contributed by atoms with Crippen LogP contribution in [0.15, 0.2) is 59.5 Å². The van der Waals surface area contributed by atoms with Crippen LogP contribution >= 0.6 is 24.2 Å². The Kier molecular flexibility index (Phi) is 5.28. The van der Waals surface area contributed by atoms with E-state index in [4.69, 9.17) is 5.73 Å². The maximum atomic E-state index is 12.4. The first-order valence-electron chi connectivity index (χ1n) is 6.59. The average molecular weight is 321 g/mol. The number of nitrogens with zero attached hydrogens (tertiary/aromatic N) is 1. The molecule has 3 nitrogen and oxygen atoms in total. The molecular weight excluding hydrogens is 304 g/mol. The maximum Gasteiger partial charge on any atom is 0.229 e. The number of fused-ring (bicyclic) bond motifs is 1. The van der Waals surface area contributed by atoms with Gasteiger partial charge in [0.15, 0.2) is 0 Å². The van der Waals surface area contributed by atoms with E-state index in [2.05, 4.69) is 0 Å². The van der Waals surface area contributed by atoms with Crippen molar-refractivity contribution in [2.45, 2.75) is 23.2 Å². The van der Waals surface area contributed by atoms with E-state index in [1.165, 1.54) is 0 Å².